The summed E-state index contributed by atoms with van der Waals surface area (Å²) in [6.45, 7) is 5.93. The van der Waals surface area contributed by atoms with Crippen LogP contribution in [0.2, 0.25) is 5.02 Å². The molecule has 0 amide bonds. The van der Waals surface area contributed by atoms with Gasteiger partial charge in [0.25, 0.3) is 0 Å². The van der Waals surface area contributed by atoms with Crippen molar-refractivity contribution in [2.24, 2.45) is 11.3 Å². The van der Waals surface area contributed by atoms with E-state index in [9.17, 15) is 4.79 Å². The van der Waals surface area contributed by atoms with Crippen molar-refractivity contribution in [1.29, 1.82) is 0 Å². The Morgan fingerprint density at radius 1 is 1.44 bits per heavy atom. The molecule has 0 unspecified atom stereocenters. The number of carbonyl (C=O) groups is 1. The van der Waals surface area contributed by atoms with Gasteiger partial charge in [-0.1, -0.05) is 37.6 Å². The monoisotopic (exact) mass is 238 g/mol. The maximum absolute atomic E-state index is 11.1. The molecule has 2 atom stereocenters. The van der Waals surface area contributed by atoms with Gasteiger partial charge in [0, 0.05) is 10.9 Å². The van der Waals surface area contributed by atoms with Crippen molar-refractivity contribution in [1.82, 2.24) is 0 Å². The first-order valence-electron chi connectivity index (χ1n) is 5.34. The van der Waals surface area contributed by atoms with E-state index in [1.165, 1.54) is 0 Å². The molecule has 3 heteroatoms. The highest BCUT2D eigenvalue weighted by atomic mass is 35.5. The van der Waals surface area contributed by atoms with Gasteiger partial charge in [0.05, 0.1) is 5.92 Å². The Hall–Kier alpha value is -1.02. The molecule has 0 heterocycles. The largest absolute Gasteiger partial charge is 0.481 e. The average molecular weight is 239 g/mol. The van der Waals surface area contributed by atoms with E-state index in [1.807, 2.05) is 39.0 Å². The van der Waals surface area contributed by atoms with Crippen molar-refractivity contribution >= 4 is 17.6 Å². The van der Waals surface area contributed by atoms with Crippen LogP contribution in [0.4, 0.5) is 0 Å². The van der Waals surface area contributed by atoms with Gasteiger partial charge in [-0.05, 0) is 29.5 Å². The summed E-state index contributed by atoms with van der Waals surface area (Å²) in [6.07, 6.45) is 0. The molecule has 0 aliphatic heterocycles. The molecule has 1 aliphatic rings. The first-order valence-corrected chi connectivity index (χ1v) is 5.72. The second-order valence-corrected chi connectivity index (χ2v) is 5.55. The summed E-state index contributed by atoms with van der Waals surface area (Å²) in [4.78, 5) is 11.1. The van der Waals surface area contributed by atoms with Crippen LogP contribution < -0.4 is 0 Å². The SMILES string of the molecule is Cc1ccc([C@H]2[C@H](C(=O)O)C2(C)C)c(Cl)c1. The Balaban J connectivity index is 2.37. The molecule has 1 aromatic carbocycles. The van der Waals surface area contributed by atoms with Gasteiger partial charge in [-0.25, -0.2) is 0 Å². The van der Waals surface area contributed by atoms with E-state index >= 15 is 0 Å². The molecule has 2 nitrogen and oxygen atoms in total. The van der Waals surface area contributed by atoms with Crippen LogP contribution >= 0.6 is 11.6 Å². The van der Waals surface area contributed by atoms with E-state index in [2.05, 4.69) is 0 Å². The number of aliphatic carboxylic acids is 1. The number of aryl methyl sites for hydroxylation is 1. The Morgan fingerprint density at radius 2 is 2.06 bits per heavy atom. The molecular weight excluding hydrogens is 224 g/mol. The summed E-state index contributed by atoms with van der Waals surface area (Å²) in [5.41, 5.74) is 1.87. The van der Waals surface area contributed by atoms with Crippen LogP contribution in [0, 0.1) is 18.3 Å². The van der Waals surface area contributed by atoms with Crippen molar-refractivity contribution in [3.63, 3.8) is 0 Å². The van der Waals surface area contributed by atoms with E-state index in [4.69, 9.17) is 16.7 Å². The van der Waals surface area contributed by atoms with Crippen LogP contribution in [0.1, 0.15) is 30.9 Å². The molecule has 0 radical (unpaired) electrons. The highest BCUT2D eigenvalue weighted by molar-refractivity contribution is 6.31. The Bertz CT molecular complexity index is 451. The summed E-state index contributed by atoms with van der Waals surface area (Å²) in [6, 6.07) is 5.83. The summed E-state index contributed by atoms with van der Waals surface area (Å²) in [5.74, 6) is -1.00. The van der Waals surface area contributed by atoms with Crippen molar-refractivity contribution in [2.45, 2.75) is 26.7 Å². The molecule has 1 aromatic rings. The number of rotatable bonds is 2. The maximum Gasteiger partial charge on any atom is 0.307 e. The molecule has 0 aromatic heterocycles. The van der Waals surface area contributed by atoms with Gasteiger partial charge < -0.3 is 5.11 Å². The van der Waals surface area contributed by atoms with E-state index in [1.54, 1.807) is 0 Å². The van der Waals surface area contributed by atoms with Crippen molar-refractivity contribution in [2.75, 3.05) is 0 Å². The van der Waals surface area contributed by atoms with Crippen LogP contribution in [-0.2, 0) is 4.79 Å². The zero-order valence-corrected chi connectivity index (χ0v) is 10.4. The number of carboxylic acid groups (broad SMARTS) is 1. The quantitative estimate of drug-likeness (QED) is 0.857. The number of hydrogen-bond acceptors (Lipinski definition) is 1. The van der Waals surface area contributed by atoms with Gasteiger partial charge in [-0.3, -0.25) is 4.79 Å². The molecule has 1 fully saturated rings. The Labute approximate surface area is 100 Å². The van der Waals surface area contributed by atoms with Gasteiger partial charge >= 0.3 is 5.97 Å². The van der Waals surface area contributed by atoms with E-state index in [-0.39, 0.29) is 17.3 Å². The van der Waals surface area contributed by atoms with Gasteiger partial charge in [-0.15, -0.1) is 0 Å². The second kappa shape index (κ2) is 3.49. The van der Waals surface area contributed by atoms with Crippen molar-refractivity contribution < 1.29 is 9.90 Å². The van der Waals surface area contributed by atoms with E-state index < -0.39 is 5.97 Å². The van der Waals surface area contributed by atoms with E-state index in [0.29, 0.717) is 5.02 Å². The van der Waals surface area contributed by atoms with Gasteiger partial charge in [-0.2, -0.15) is 0 Å². The molecule has 2 rings (SSSR count). The Morgan fingerprint density at radius 3 is 2.50 bits per heavy atom. The standard InChI is InChI=1S/C13H15ClO2/c1-7-4-5-8(9(14)6-7)10-11(12(15)16)13(10,2)3/h4-6,10-11H,1-3H3,(H,15,16)/t10-,11+/m0/s1. The van der Waals surface area contributed by atoms with Crippen LogP contribution in [0.5, 0.6) is 0 Å². The maximum atomic E-state index is 11.1. The van der Waals surface area contributed by atoms with Crippen LogP contribution in [-0.4, -0.2) is 11.1 Å². The van der Waals surface area contributed by atoms with Gasteiger partial charge in [0.15, 0.2) is 0 Å². The molecule has 0 spiro atoms. The Kier molecular flexibility index (Phi) is 2.50. The topological polar surface area (TPSA) is 37.3 Å². The summed E-state index contributed by atoms with van der Waals surface area (Å²) >= 11 is 6.17. The normalized spacial score (nSPS) is 26.5. The molecule has 1 aliphatic carbocycles. The highest BCUT2D eigenvalue weighted by Crippen LogP contribution is 2.65. The third-order valence-electron chi connectivity index (χ3n) is 3.58. The first kappa shape index (κ1) is 11.5. The molecular formula is C13H15ClO2. The lowest BCUT2D eigenvalue weighted by molar-refractivity contribution is -0.139. The van der Waals surface area contributed by atoms with Crippen LogP contribution in [0.25, 0.3) is 0 Å². The minimum absolute atomic E-state index is 0.0399. The lowest BCUT2D eigenvalue weighted by atomic mass is 10.0. The summed E-state index contributed by atoms with van der Waals surface area (Å²) in [7, 11) is 0. The van der Waals surface area contributed by atoms with Gasteiger partial charge in [0.2, 0.25) is 0 Å². The number of carboxylic acids is 1. The fourth-order valence-electron chi connectivity index (χ4n) is 2.56. The molecule has 0 bridgehead atoms. The highest BCUT2D eigenvalue weighted by Gasteiger charge is 2.63. The smallest absolute Gasteiger partial charge is 0.307 e. The fourth-order valence-corrected chi connectivity index (χ4v) is 2.92. The van der Waals surface area contributed by atoms with E-state index in [0.717, 1.165) is 11.1 Å². The van der Waals surface area contributed by atoms with Crippen LogP contribution in [0.15, 0.2) is 18.2 Å². The predicted octanol–water partition coefficient (Wildman–Crippen LogP) is 3.47. The zero-order chi connectivity index (χ0) is 12.1. The molecule has 1 N–H and O–H groups in total. The number of hydrogen-bond donors (Lipinski definition) is 1. The summed E-state index contributed by atoms with van der Waals surface area (Å²) in [5, 5.41) is 9.81. The lowest BCUT2D eigenvalue weighted by Gasteiger charge is -2.06. The minimum atomic E-state index is -0.730. The van der Waals surface area contributed by atoms with Crippen molar-refractivity contribution in [3.05, 3.63) is 34.3 Å². The third kappa shape index (κ3) is 1.61. The zero-order valence-electron chi connectivity index (χ0n) is 9.62. The molecule has 1 saturated carbocycles. The molecule has 16 heavy (non-hydrogen) atoms. The summed E-state index contributed by atoms with van der Waals surface area (Å²) < 4.78 is 0. The van der Waals surface area contributed by atoms with Gasteiger partial charge in [0.1, 0.15) is 0 Å². The fraction of sp³-hybridized carbons (Fsp3) is 0.462. The average Bonchev–Trinajstić information content (AvgIpc) is 2.69. The second-order valence-electron chi connectivity index (χ2n) is 5.14. The third-order valence-corrected chi connectivity index (χ3v) is 3.91. The van der Waals surface area contributed by atoms with Crippen molar-refractivity contribution in [3.8, 4) is 0 Å². The lowest BCUT2D eigenvalue weighted by Crippen LogP contribution is -2.03. The number of halogens is 1. The number of benzene rings is 1. The first-order chi connectivity index (χ1) is 7.35. The molecule has 86 valence electrons. The van der Waals surface area contributed by atoms with Crippen LogP contribution in [0.3, 0.4) is 0 Å². The minimum Gasteiger partial charge on any atom is -0.481 e. The predicted molar refractivity (Wildman–Crippen MR) is 63.8 cm³/mol. The molecule has 0 saturated heterocycles.